The van der Waals surface area contributed by atoms with E-state index in [1.54, 1.807) is 54.6 Å². The van der Waals surface area contributed by atoms with Crippen LogP contribution in [-0.4, -0.2) is 20.4 Å². The average Bonchev–Trinajstić information content (AvgIpc) is 2.54. The Morgan fingerprint density at radius 1 is 1.04 bits per heavy atom. The van der Waals surface area contributed by atoms with Gasteiger partial charge in [0, 0.05) is 5.41 Å². The molecule has 0 amide bonds. The maximum atomic E-state index is 12.0. The van der Waals surface area contributed by atoms with Crippen LogP contribution in [-0.2, 0) is 21.2 Å². The topological polar surface area (TPSA) is 86.3 Å². The molecule has 0 aliphatic carbocycles. The molecular formula is C17H16NO4S-. The SMILES string of the molecule is O=C([O-])[C@@H](Cc1ccccc1)NS(=O)(=O)/C=C/c1ccccc1. The highest BCUT2D eigenvalue weighted by molar-refractivity contribution is 7.92. The maximum absolute atomic E-state index is 12.0. The first-order chi connectivity index (χ1) is 11.0. The molecule has 2 aromatic rings. The molecule has 0 spiro atoms. The molecule has 120 valence electrons. The molecule has 1 atom stereocenters. The minimum Gasteiger partial charge on any atom is -0.548 e. The van der Waals surface area contributed by atoms with Crippen LogP contribution in [0.25, 0.3) is 6.08 Å². The van der Waals surface area contributed by atoms with Crippen LogP contribution in [0.15, 0.2) is 66.1 Å². The largest absolute Gasteiger partial charge is 0.548 e. The number of sulfonamides is 1. The highest BCUT2D eigenvalue weighted by Crippen LogP contribution is 2.06. The number of nitrogens with one attached hydrogen (secondary N) is 1. The van der Waals surface area contributed by atoms with Crippen LogP contribution in [0.1, 0.15) is 11.1 Å². The van der Waals surface area contributed by atoms with Crippen LogP contribution in [0.4, 0.5) is 0 Å². The van der Waals surface area contributed by atoms with Gasteiger partial charge in [-0.3, -0.25) is 0 Å². The van der Waals surface area contributed by atoms with Gasteiger partial charge in [-0.1, -0.05) is 60.7 Å². The van der Waals surface area contributed by atoms with Crippen molar-refractivity contribution in [3.8, 4) is 0 Å². The van der Waals surface area contributed by atoms with Gasteiger partial charge in [-0.2, -0.15) is 0 Å². The van der Waals surface area contributed by atoms with Crippen molar-refractivity contribution in [2.24, 2.45) is 0 Å². The van der Waals surface area contributed by atoms with Gasteiger partial charge in [-0.05, 0) is 23.6 Å². The van der Waals surface area contributed by atoms with Crippen LogP contribution in [0.2, 0.25) is 0 Å². The van der Waals surface area contributed by atoms with Crippen LogP contribution in [0.5, 0.6) is 0 Å². The van der Waals surface area contributed by atoms with Crippen LogP contribution in [0.3, 0.4) is 0 Å². The number of carboxylic acid groups (broad SMARTS) is 1. The number of carbonyl (C=O) groups excluding carboxylic acids is 1. The van der Waals surface area contributed by atoms with Gasteiger partial charge in [0.25, 0.3) is 0 Å². The lowest BCUT2D eigenvalue weighted by Gasteiger charge is -2.18. The van der Waals surface area contributed by atoms with Gasteiger partial charge in [-0.25, -0.2) is 13.1 Å². The van der Waals surface area contributed by atoms with E-state index in [1.807, 2.05) is 6.07 Å². The summed E-state index contributed by atoms with van der Waals surface area (Å²) in [5, 5.41) is 12.1. The highest BCUT2D eigenvalue weighted by Gasteiger charge is 2.17. The molecule has 0 saturated carbocycles. The molecule has 0 aromatic heterocycles. The van der Waals surface area contributed by atoms with E-state index in [-0.39, 0.29) is 6.42 Å². The molecule has 0 unspecified atom stereocenters. The summed E-state index contributed by atoms with van der Waals surface area (Å²) in [6.07, 6.45) is 1.42. The van der Waals surface area contributed by atoms with Gasteiger partial charge < -0.3 is 9.90 Å². The second-order valence-corrected chi connectivity index (χ2v) is 6.54. The fourth-order valence-electron chi connectivity index (χ4n) is 1.99. The minimum atomic E-state index is -3.90. The Morgan fingerprint density at radius 2 is 1.61 bits per heavy atom. The van der Waals surface area contributed by atoms with Gasteiger partial charge in [-0.15, -0.1) is 0 Å². The van der Waals surface area contributed by atoms with Crippen molar-refractivity contribution < 1.29 is 18.3 Å². The maximum Gasteiger partial charge on any atom is 0.234 e. The first-order valence-electron chi connectivity index (χ1n) is 6.96. The first-order valence-corrected chi connectivity index (χ1v) is 8.51. The monoisotopic (exact) mass is 330 g/mol. The Labute approximate surface area is 135 Å². The predicted molar refractivity (Wildman–Crippen MR) is 86.5 cm³/mol. The summed E-state index contributed by atoms with van der Waals surface area (Å²) in [5.41, 5.74) is 1.40. The molecule has 1 N–H and O–H groups in total. The number of benzene rings is 2. The second kappa shape index (κ2) is 7.71. The van der Waals surface area contributed by atoms with Gasteiger partial charge in [0.1, 0.15) is 0 Å². The van der Waals surface area contributed by atoms with E-state index < -0.39 is 22.0 Å². The van der Waals surface area contributed by atoms with Crippen LogP contribution >= 0.6 is 0 Å². The third kappa shape index (κ3) is 5.69. The smallest absolute Gasteiger partial charge is 0.234 e. The standard InChI is InChI=1S/C17H17NO4S/c19-17(20)16(13-15-9-5-2-6-10-15)18-23(21,22)12-11-14-7-3-1-4-8-14/h1-12,16,18H,13H2,(H,19,20)/p-1/b12-11+/t16-/m1/s1. The number of aliphatic carboxylic acids is 1. The molecule has 2 rings (SSSR count). The third-order valence-electron chi connectivity index (χ3n) is 3.11. The Balaban J connectivity index is 2.09. The summed E-state index contributed by atoms with van der Waals surface area (Å²) >= 11 is 0. The van der Waals surface area contributed by atoms with E-state index in [1.165, 1.54) is 6.08 Å². The van der Waals surface area contributed by atoms with Gasteiger partial charge >= 0.3 is 0 Å². The summed E-state index contributed by atoms with van der Waals surface area (Å²) < 4.78 is 26.2. The average molecular weight is 330 g/mol. The normalized spacial score (nSPS) is 13.0. The van der Waals surface area contributed by atoms with E-state index in [4.69, 9.17) is 0 Å². The molecule has 6 heteroatoms. The molecule has 0 radical (unpaired) electrons. The lowest BCUT2D eigenvalue weighted by Crippen LogP contribution is -2.48. The first kappa shape index (κ1) is 16.9. The van der Waals surface area contributed by atoms with Gasteiger partial charge in [0.15, 0.2) is 0 Å². The Bertz CT molecular complexity index is 771. The molecule has 0 fully saturated rings. The van der Waals surface area contributed by atoms with Crippen molar-refractivity contribution in [2.45, 2.75) is 12.5 Å². The molecular weight excluding hydrogens is 314 g/mol. The minimum absolute atomic E-state index is 0.0155. The zero-order valence-electron chi connectivity index (χ0n) is 12.3. The number of hydrogen-bond donors (Lipinski definition) is 1. The fourth-order valence-corrected chi connectivity index (χ4v) is 2.98. The lowest BCUT2D eigenvalue weighted by atomic mass is 10.1. The van der Waals surface area contributed by atoms with Crippen LogP contribution < -0.4 is 9.83 Å². The quantitative estimate of drug-likeness (QED) is 0.818. The Kier molecular flexibility index (Phi) is 5.67. The summed E-state index contributed by atoms with van der Waals surface area (Å²) in [7, 11) is -3.90. The number of carbonyl (C=O) groups is 1. The number of hydrogen-bond acceptors (Lipinski definition) is 4. The van der Waals surface area contributed by atoms with E-state index in [9.17, 15) is 18.3 Å². The van der Waals surface area contributed by atoms with E-state index in [2.05, 4.69) is 4.72 Å². The van der Waals surface area contributed by atoms with E-state index in [0.717, 1.165) is 5.41 Å². The summed E-state index contributed by atoms with van der Waals surface area (Å²) in [6.45, 7) is 0. The predicted octanol–water partition coefficient (Wildman–Crippen LogP) is 0.938. The third-order valence-corrected chi connectivity index (χ3v) is 4.22. The molecule has 23 heavy (non-hydrogen) atoms. The van der Waals surface area contributed by atoms with Crippen molar-refractivity contribution in [3.63, 3.8) is 0 Å². The molecule has 5 nitrogen and oxygen atoms in total. The summed E-state index contributed by atoms with van der Waals surface area (Å²) in [4.78, 5) is 11.2. The summed E-state index contributed by atoms with van der Waals surface area (Å²) in [6, 6.07) is 16.3. The highest BCUT2D eigenvalue weighted by atomic mass is 32.2. The second-order valence-electron chi connectivity index (χ2n) is 4.94. The molecule has 0 bridgehead atoms. The molecule has 0 saturated heterocycles. The zero-order chi connectivity index (χ0) is 16.7. The molecule has 0 aliphatic heterocycles. The lowest BCUT2D eigenvalue weighted by molar-refractivity contribution is -0.307. The van der Waals surface area contributed by atoms with Crippen molar-refractivity contribution in [1.82, 2.24) is 4.72 Å². The van der Waals surface area contributed by atoms with Crippen molar-refractivity contribution >= 4 is 22.1 Å². The zero-order valence-corrected chi connectivity index (χ0v) is 13.1. The Morgan fingerprint density at radius 3 is 2.17 bits per heavy atom. The molecule has 0 aliphatic rings. The van der Waals surface area contributed by atoms with E-state index in [0.29, 0.717) is 11.1 Å². The van der Waals surface area contributed by atoms with Gasteiger partial charge in [0.2, 0.25) is 10.0 Å². The van der Waals surface area contributed by atoms with Gasteiger partial charge in [0.05, 0.1) is 12.0 Å². The Hall–Kier alpha value is -2.44. The van der Waals surface area contributed by atoms with Crippen molar-refractivity contribution in [1.29, 1.82) is 0 Å². The molecule has 2 aromatic carbocycles. The van der Waals surface area contributed by atoms with Crippen molar-refractivity contribution in [3.05, 3.63) is 77.2 Å². The van der Waals surface area contributed by atoms with E-state index >= 15 is 0 Å². The molecule has 0 heterocycles. The van der Waals surface area contributed by atoms with Crippen molar-refractivity contribution in [2.75, 3.05) is 0 Å². The number of carboxylic acids is 1. The fraction of sp³-hybridized carbons (Fsp3) is 0.118. The van der Waals surface area contributed by atoms with Crippen LogP contribution in [0, 0.1) is 0 Å². The summed E-state index contributed by atoms with van der Waals surface area (Å²) in [5.74, 6) is -1.47. The number of rotatable bonds is 7.